The van der Waals surface area contributed by atoms with Crippen molar-refractivity contribution < 1.29 is 9.18 Å². The Balaban J connectivity index is 1.73. The lowest BCUT2D eigenvalue weighted by Crippen LogP contribution is -2.39. The van der Waals surface area contributed by atoms with Gasteiger partial charge in [0.15, 0.2) is 0 Å². The van der Waals surface area contributed by atoms with Crippen LogP contribution in [0, 0.1) is 5.82 Å². The second-order valence-corrected chi connectivity index (χ2v) is 7.17. The molecule has 29 heavy (non-hydrogen) atoms. The summed E-state index contributed by atoms with van der Waals surface area (Å²) < 4.78 is 14.6. The molecule has 2 N–H and O–H groups in total. The van der Waals surface area contributed by atoms with E-state index in [9.17, 15) is 14.0 Å². The van der Waals surface area contributed by atoms with Gasteiger partial charge in [-0.05, 0) is 36.2 Å². The number of carbonyl (C=O) groups is 1. The number of carbonyl (C=O) groups excluding carboxylic acids is 1. The normalized spacial score (nSPS) is 13.8. The van der Waals surface area contributed by atoms with Gasteiger partial charge >= 0.3 is 0 Å². The summed E-state index contributed by atoms with van der Waals surface area (Å²) in [5.41, 5.74) is 8.16. The average molecular weight is 392 g/mol. The Morgan fingerprint density at radius 2 is 1.83 bits per heavy atom. The lowest BCUT2D eigenvalue weighted by molar-refractivity contribution is -0.118. The SMILES string of the molecule is NC(=O)Cn1c(-c2ccc(F)cc2)nc2c(c1=O)CCN(Cc1ccccc1)C2. The molecule has 0 atom stereocenters. The van der Waals surface area contributed by atoms with Gasteiger partial charge in [0, 0.05) is 30.8 Å². The van der Waals surface area contributed by atoms with E-state index in [-0.39, 0.29) is 17.9 Å². The summed E-state index contributed by atoms with van der Waals surface area (Å²) in [5, 5.41) is 0. The van der Waals surface area contributed by atoms with Crippen molar-refractivity contribution in [3.63, 3.8) is 0 Å². The molecule has 7 heteroatoms. The molecule has 1 aliphatic rings. The van der Waals surface area contributed by atoms with Crippen LogP contribution in [0.15, 0.2) is 59.4 Å². The molecule has 1 aliphatic heterocycles. The quantitative estimate of drug-likeness (QED) is 0.721. The number of halogens is 1. The van der Waals surface area contributed by atoms with E-state index >= 15 is 0 Å². The fourth-order valence-corrected chi connectivity index (χ4v) is 3.68. The van der Waals surface area contributed by atoms with Gasteiger partial charge in [0.25, 0.3) is 5.56 Å². The van der Waals surface area contributed by atoms with Crippen LogP contribution in [0.2, 0.25) is 0 Å². The summed E-state index contributed by atoms with van der Waals surface area (Å²) >= 11 is 0. The fraction of sp³-hybridized carbons (Fsp3) is 0.227. The van der Waals surface area contributed by atoms with Crippen LogP contribution in [0.5, 0.6) is 0 Å². The molecule has 0 aliphatic carbocycles. The van der Waals surface area contributed by atoms with E-state index in [0.29, 0.717) is 35.6 Å². The smallest absolute Gasteiger partial charge is 0.257 e. The van der Waals surface area contributed by atoms with Crippen molar-refractivity contribution >= 4 is 5.91 Å². The fourth-order valence-electron chi connectivity index (χ4n) is 3.68. The first-order valence-corrected chi connectivity index (χ1v) is 9.44. The van der Waals surface area contributed by atoms with Crippen LogP contribution in [-0.2, 0) is 30.8 Å². The van der Waals surface area contributed by atoms with Crippen LogP contribution in [-0.4, -0.2) is 26.9 Å². The maximum Gasteiger partial charge on any atom is 0.257 e. The van der Waals surface area contributed by atoms with Gasteiger partial charge in [-0.15, -0.1) is 0 Å². The van der Waals surface area contributed by atoms with E-state index in [1.54, 1.807) is 12.1 Å². The molecule has 0 fully saturated rings. The minimum Gasteiger partial charge on any atom is -0.368 e. The minimum atomic E-state index is -0.626. The van der Waals surface area contributed by atoms with Gasteiger partial charge in [-0.1, -0.05) is 30.3 Å². The summed E-state index contributed by atoms with van der Waals surface area (Å²) in [4.78, 5) is 31.6. The van der Waals surface area contributed by atoms with Gasteiger partial charge in [-0.25, -0.2) is 9.37 Å². The number of fused-ring (bicyclic) bond motifs is 1. The maximum atomic E-state index is 13.4. The van der Waals surface area contributed by atoms with Crippen LogP contribution in [0.25, 0.3) is 11.4 Å². The summed E-state index contributed by atoms with van der Waals surface area (Å²) in [6.07, 6.45) is 0.552. The van der Waals surface area contributed by atoms with Crippen molar-refractivity contribution in [3.8, 4) is 11.4 Å². The molecule has 2 aromatic carbocycles. The second kappa shape index (κ2) is 7.97. The molecular weight excluding hydrogens is 371 g/mol. The molecule has 0 spiro atoms. The van der Waals surface area contributed by atoms with Crippen LogP contribution >= 0.6 is 0 Å². The van der Waals surface area contributed by atoms with E-state index < -0.39 is 5.91 Å². The molecule has 1 amide bonds. The number of aromatic nitrogens is 2. The van der Waals surface area contributed by atoms with Gasteiger partial charge in [0.1, 0.15) is 18.2 Å². The lowest BCUT2D eigenvalue weighted by atomic mass is 10.0. The van der Waals surface area contributed by atoms with Crippen molar-refractivity contribution in [2.24, 2.45) is 5.73 Å². The highest BCUT2D eigenvalue weighted by Crippen LogP contribution is 2.22. The van der Waals surface area contributed by atoms with Crippen LogP contribution in [0.3, 0.4) is 0 Å². The molecule has 0 saturated heterocycles. The third-order valence-electron chi connectivity index (χ3n) is 5.06. The average Bonchev–Trinajstić information content (AvgIpc) is 2.71. The van der Waals surface area contributed by atoms with Crippen LogP contribution < -0.4 is 11.3 Å². The highest BCUT2D eigenvalue weighted by molar-refractivity contribution is 5.74. The Hall–Kier alpha value is -3.32. The number of benzene rings is 2. The van der Waals surface area contributed by atoms with E-state index in [2.05, 4.69) is 17.0 Å². The highest BCUT2D eigenvalue weighted by atomic mass is 19.1. The number of rotatable bonds is 5. The number of nitrogens with zero attached hydrogens (tertiary/aromatic N) is 3. The zero-order valence-electron chi connectivity index (χ0n) is 15.8. The molecule has 0 radical (unpaired) electrons. The molecular formula is C22H21FN4O2. The molecule has 1 aromatic heterocycles. The van der Waals surface area contributed by atoms with Crippen molar-refractivity contribution in [2.75, 3.05) is 6.54 Å². The van der Waals surface area contributed by atoms with Crippen LogP contribution in [0.1, 0.15) is 16.8 Å². The first-order chi connectivity index (χ1) is 14.0. The van der Waals surface area contributed by atoms with Gasteiger partial charge < -0.3 is 5.73 Å². The molecule has 2 heterocycles. The molecule has 0 saturated carbocycles. The van der Waals surface area contributed by atoms with Gasteiger partial charge in [-0.2, -0.15) is 0 Å². The molecule has 6 nitrogen and oxygen atoms in total. The van der Waals surface area contributed by atoms with Crippen LogP contribution in [0.4, 0.5) is 4.39 Å². The lowest BCUT2D eigenvalue weighted by Gasteiger charge is -2.28. The second-order valence-electron chi connectivity index (χ2n) is 7.17. The topological polar surface area (TPSA) is 81.2 Å². The molecule has 3 aromatic rings. The highest BCUT2D eigenvalue weighted by Gasteiger charge is 2.24. The van der Waals surface area contributed by atoms with E-state index in [0.717, 1.165) is 13.1 Å². The number of hydrogen-bond acceptors (Lipinski definition) is 4. The Morgan fingerprint density at radius 3 is 2.52 bits per heavy atom. The molecule has 148 valence electrons. The predicted molar refractivity (Wildman–Crippen MR) is 107 cm³/mol. The number of hydrogen-bond donors (Lipinski definition) is 1. The summed E-state index contributed by atoms with van der Waals surface area (Å²) in [7, 11) is 0. The minimum absolute atomic E-state index is 0.257. The zero-order valence-corrected chi connectivity index (χ0v) is 15.8. The van der Waals surface area contributed by atoms with Gasteiger partial charge in [0.05, 0.1) is 5.69 Å². The van der Waals surface area contributed by atoms with Crippen molar-refractivity contribution in [1.29, 1.82) is 0 Å². The molecule has 4 rings (SSSR count). The summed E-state index contributed by atoms with van der Waals surface area (Å²) in [5.74, 6) is -0.683. The molecule has 0 bridgehead atoms. The van der Waals surface area contributed by atoms with Crippen molar-refractivity contribution in [2.45, 2.75) is 26.1 Å². The number of amides is 1. The zero-order chi connectivity index (χ0) is 20.4. The first-order valence-electron chi connectivity index (χ1n) is 9.44. The standard InChI is InChI=1S/C22H21FN4O2/c23-17-8-6-16(7-9-17)21-25-19-13-26(12-15-4-2-1-3-5-15)11-10-18(19)22(29)27(21)14-20(24)28/h1-9H,10-14H2,(H2,24,28). The van der Waals surface area contributed by atoms with Gasteiger partial charge in [0.2, 0.25) is 5.91 Å². The number of primary amides is 1. The Bertz CT molecular complexity index is 1090. The Labute approximate surface area is 167 Å². The monoisotopic (exact) mass is 392 g/mol. The third-order valence-corrected chi connectivity index (χ3v) is 5.06. The molecule has 0 unspecified atom stereocenters. The number of nitrogens with two attached hydrogens (primary N) is 1. The Morgan fingerprint density at radius 1 is 1.10 bits per heavy atom. The summed E-state index contributed by atoms with van der Waals surface area (Å²) in [6.45, 7) is 1.76. The summed E-state index contributed by atoms with van der Waals surface area (Å²) in [6, 6.07) is 15.8. The van der Waals surface area contributed by atoms with Gasteiger partial charge in [-0.3, -0.25) is 19.1 Å². The largest absolute Gasteiger partial charge is 0.368 e. The van der Waals surface area contributed by atoms with Crippen molar-refractivity contribution in [1.82, 2.24) is 14.5 Å². The van der Waals surface area contributed by atoms with E-state index in [1.165, 1.54) is 22.3 Å². The van der Waals surface area contributed by atoms with Crippen molar-refractivity contribution in [3.05, 3.63) is 87.6 Å². The van der Waals surface area contributed by atoms with E-state index in [4.69, 9.17) is 10.7 Å². The first kappa shape index (κ1) is 19.0. The maximum absolute atomic E-state index is 13.4. The third kappa shape index (κ3) is 4.09. The predicted octanol–water partition coefficient (Wildman–Crippen LogP) is 2.09. The van der Waals surface area contributed by atoms with E-state index in [1.807, 2.05) is 18.2 Å². The Kier molecular flexibility index (Phi) is 5.22.